The van der Waals surface area contributed by atoms with E-state index >= 15 is 0 Å². The van der Waals surface area contributed by atoms with Crippen molar-refractivity contribution < 1.29 is 9.59 Å². The average molecular weight is 358 g/mol. The molecule has 23 heavy (non-hydrogen) atoms. The number of carbonyl (C=O) groups excluding carboxylic acids is 2. The minimum atomic E-state index is -0.164. The van der Waals surface area contributed by atoms with Crippen molar-refractivity contribution in [1.82, 2.24) is 9.80 Å². The van der Waals surface area contributed by atoms with Gasteiger partial charge in [-0.05, 0) is 31.5 Å². The SMILES string of the molecule is CN(C)C(=O)C1CCCN1CCC(=O)Nc1c(Cl)cccc1Cl. The minimum Gasteiger partial charge on any atom is -0.347 e. The van der Waals surface area contributed by atoms with Crippen LogP contribution in [0, 0.1) is 0 Å². The highest BCUT2D eigenvalue weighted by molar-refractivity contribution is 6.39. The van der Waals surface area contributed by atoms with E-state index in [1.165, 1.54) is 0 Å². The molecule has 0 spiro atoms. The number of carbonyl (C=O) groups is 2. The molecular formula is C16H21Cl2N3O2. The lowest BCUT2D eigenvalue weighted by Crippen LogP contribution is -2.43. The van der Waals surface area contributed by atoms with Crippen LogP contribution in [0.2, 0.25) is 10.0 Å². The Hall–Kier alpha value is -1.30. The lowest BCUT2D eigenvalue weighted by molar-refractivity contribution is -0.133. The lowest BCUT2D eigenvalue weighted by atomic mass is 10.2. The highest BCUT2D eigenvalue weighted by Crippen LogP contribution is 2.30. The van der Waals surface area contributed by atoms with Crippen LogP contribution in [0.15, 0.2) is 18.2 Å². The van der Waals surface area contributed by atoms with E-state index in [-0.39, 0.29) is 17.9 Å². The zero-order valence-corrected chi connectivity index (χ0v) is 14.8. The van der Waals surface area contributed by atoms with E-state index < -0.39 is 0 Å². The zero-order chi connectivity index (χ0) is 17.0. The second-order valence-electron chi connectivity index (χ2n) is 5.82. The number of rotatable bonds is 5. The largest absolute Gasteiger partial charge is 0.347 e. The number of nitrogens with one attached hydrogen (secondary N) is 1. The van der Waals surface area contributed by atoms with E-state index in [4.69, 9.17) is 23.2 Å². The molecule has 2 rings (SSSR count). The van der Waals surface area contributed by atoms with Crippen LogP contribution in [0.25, 0.3) is 0 Å². The maximum atomic E-state index is 12.1. The van der Waals surface area contributed by atoms with Gasteiger partial charge in [0.15, 0.2) is 0 Å². The smallest absolute Gasteiger partial charge is 0.239 e. The average Bonchev–Trinajstić information content (AvgIpc) is 2.96. The summed E-state index contributed by atoms with van der Waals surface area (Å²) in [5.41, 5.74) is 0.433. The topological polar surface area (TPSA) is 52.7 Å². The van der Waals surface area contributed by atoms with Crippen LogP contribution in [-0.4, -0.2) is 54.8 Å². The summed E-state index contributed by atoms with van der Waals surface area (Å²) in [6.45, 7) is 1.38. The van der Waals surface area contributed by atoms with Gasteiger partial charge in [0.1, 0.15) is 0 Å². The zero-order valence-electron chi connectivity index (χ0n) is 13.3. The Labute approximate surface area is 146 Å². The number of hydrogen-bond donors (Lipinski definition) is 1. The van der Waals surface area contributed by atoms with Crippen molar-refractivity contribution in [3.05, 3.63) is 28.2 Å². The van der Waals surface area contributed by atoms with Gasteiger partial charge in [-0.25, -0.2) is 0 Å². The fourth-order valence-corrected chi connectivity index (χ4v) is 3.23. The van der Waals surface area contributed by atoms with E-state index in [1.54, 1.807) is 37.2 Å². The Morgan fingerprint density at radius 1 is 1.30 bits per heavy atom. The number of hydrogen-bond acceptors (Lipinski definition) is 3. The molecule has 1 aromatic carbocycles. The van der Waals surface area contributed by atoms with Crippen molar-refractivity contribution in [2.75, 3.05) is 32.5 Å². The third-order valence-corrected chi connectivity index (χ3v) is 4.57. The van der Waals surface area contributed by atoms with Gasteiger partial charge >= 0.3 is 0 Å². The van der Waals surface area contributed by atoms with E-state index in [0.717, 1.165) is 19.4 Å². The first kappa shape index (κ1) is 18.0. The number of likely N-dealkylation sites (N-methyl/N-ethyl adjacent to an activating group) is 1. The standard InChI is InChI=1S/C16H21Cl2N3O2/c1-20(2)16(23)13-7-4-9-21(13)10-8-14(22)19-15-11(17)5-3-6-12(15)18/h3,5-6,13H,4,7-10H2,1-2H3,(H,19,22). The number of nitrogens with zero attached hydrogens (tertiary/aromatic N) is 2. The molecule has 7 heteroatoms. The molecule has 0 aliphatic carbocycles. The van der Waals surface area contributed by atoms with Gasteiger partial charge in [0.05, 0.1) is 21.8 Å². The molecular weight excluding hydrogens is 337 g/mol. The minimum absolute atomic E-state index is 0.0945. The lowest BCUT2D eigenvalue weighted by Gasteiger charge is -2.25. The van der Waals surface area contributed by atoms with Crippen molar-refractivity contribution in [2.45, 2.75) is 25.3 Å². The van der Waals surface area contributed by atoms with Crippen molar-refractivity contribution >= 4 is 40.7 Å². The molecule has 1 heterocycles. The number of benzene rings is 1. The molecule has 126 valence electrons. The Kier molecular flexibility index (Phi) is 6.27. The third kappa shape index (κ3) is 4.59. The highest BCUT2D eigenvalue weighted by atomic mass is 35.5. The number of amides is 2. The number of halogens is 2. The molecule has 1 aliphatic rings. The van der Waals surface area contributed by atoms with Gasteiger partial charge in [-0.15, -0.1) is 0 Å². The molecule has 1 saturated heterocycles. The molecule has 0 saturated carbocycles. The van der Waals surface area contributed by atoms with Gasteiger partial charge in [0.25, 0.3) is 0 Å². The molecule has 1 N–H and O–H groups in total. The first-order chi connectivity index (χ1) is 10.9. The molecule has 5 nitrogen and oxygen atoms in total. The normalized spacial score (nSPS) is 18.0. The number of para-hydroxylation sites is 1. The predicted molar refractivity (Wildman–Crippen MR) is 93.0 cm³/mol. The van der Waals surface area contributed by atoms with Gasteiger partial charge < -0.3 is 10.2 Å². The predicted octanol–water partition coefficient (Wildman–Crippen LogP) is 2.87. The Balaban J connectivity index is 1.90. The number of anilines is 1. The molecule has 0 bridgehead atoms. The maximum absolute atomic E-state index is 12.1. The summed E-state index contributed by atoms with van der Waals surface area (Å²) in [5, 5.41) is 3.56. The van der Waals surface area contributed by atoms with Crippen molar-refractivity contribution in [1.29, 1.82) is 0 Å². The summed E-state index contributed by atoms with van der Waals surface area (Å²) in [7, 11) is 3.51. The highest BCUT2D eigenvalue weighted by Gasteiger charge is 2.31. The Morgan fingerprint density at radius 2 is 1.96 bits per heavy atom. The third-order valence-electron chi connectivity index (χ3n) is 3.94. The molecule has 2 amide bonds. The summed E-state index contributed by atoms with van der Waals surface area (Å²) < 4.78 is 0. The van der Waals surface area contributed by atoms with Crippen molar-refractivity contribution in [3.8, 4) is 0 Å². The van der Waals surface area contributed by atoms with Gasteiger partial charge in [0, 0.05) is 27.1 Å². The van der Waals surface area contributed by atoms with Gasteiger partial charge in [0.2, 0.25) is 11.8 Å². The first-order valence-electron chi connectivity index (χ1n) is 7.59. The summed E-state index contributed by atoms with van der Waals surface area (Å²) in [4.78, 5) is 27.9. The number of likely N-dealkylation sites (tertiary alicyclic amines) is 1. The first-order valence-corrected chi connectivity index (χ1v) is 8.35. The van der Waals surface area contributed by atoms with Crippen LogP contribution < -0.4 is 5.32 Å². The molecule has 1 aliphatic heterocycles. The maximum Gasteiger partial charge on any atom is 0.239 e. The molecule has 0 aromatic heterocycles. The summed E-state index contributed by atoms with van der Waals surface area (Å²) in [6.07, 6.45) is 2.11. The van der Waals surface area contributed by atoms with Crippen LogP contribution in [0.4, 0.5) is 5.69 Å². The second kappa shape index (κ2) is 7.99. The van der Waals surface area contributed by atoms with E-state index in [0.29, 0.717) is 28.7 Å². The Morgan fingerprint density at radius 3 is 2.57 bits per heavy atom. The van der Waals surface area contributed by atoms with Crippen LogP contribution >= 0.6 is 23.2 Å². The van der Waals surface area contributed by atoms with Crippen LogP contribution in [-0.2, 0) is 9.59 Å². The van der Waals surface area contributed by atoms with Crippen molar-refractivity contribution in [2.24, 2.45) is 0 Å². The fourth-order valence-electron chi connectivity index (χ4n) is 2.74. The van der Waals surface area contributed by atoms with E-state index in [2.05, 4.69) is 10.2 Å². The molecule has 1 aromatic rings. The van der Waals surface area contributed by atoms with Crippen molar-refractivity contribution in [3.63, 3.8) is 0 Å². The van der Waals surface area contributed by atoms with Gasteiger partial charge in [-0.2, -0.15) is 0 Å². The van der Waals surface area contributed by atoms with Crippen LogP contribution in [0.1, 0.15) is 19.3 Å². The van der Waals surface area contributed by atoms with Gasteiger partial charge in [-0.1, -0.05) is 29.3 Å². The summed E-state index contributed by atoms with van der Waals surface area (Å²) >= 11 is 12.1. The molecule has 1 unspecified atom stereocenters. The summed E-state index contributed by atoms with van der Waals surface area (Å²) in [6, 6.07) is 4.95. The summed E-state index contributed by atoms with van der Waals surface area (Å²) in [5.74, 6) is -0.0694. The molecule has 1 atom stereocenters. The monoisotopic (exact) mass is 357 g/mol. The fraction of sp³-hybridized carbons (Fsp3) is 0.500. The van der Waals surface area contributed by atoms with E-state index in [1.807, 2.05) is 0 Å². The van der Waals surface area contributed by atoms with E-state index in [9.17, 15) is 9.59 Å². The van der Waals surface area contributed by atoms with Crippen LogP contribution in [0.3, 0.4) is 0 Å². The quantitative estimate of drug-likeness (QED) is 0.881. The van der Waals surface area contributed by atoms with Gasteiger partial charge in [-0.3, -0.25) is 14.5 Å². The van der Waals surface area contributed by atoms with Crippen LogP contribution in [0.5, 0.6) is 0 Å². The molecule has 1 fully saturated rings. The second-order valence-corrected chi connectivity index (χ2v) is 6.64. The molecule has 0 radical (unpaired) electrons. The Bertz CT molecular complexity index is 572.